The molecular weight excluding hydrogens is 606 g/mol. The van der Waals surface area contributed by atoms with Gasteiger partial charge in [-0.15, -0.1) is 0 Å². The first kappa shape index (κ1) is 32.6. The Morgan fingerprint density at radius 2 is 1.21 bits per heavy atom. The zero-order chi connectivity index (χ0) is 34.3. The van der Waals surface area contributed by atoms with E-state index in [-0.39, 0.29) is 5.41 Å². The molecule has 4 aromatic carbocycles. The standard InChI is InChI=1S/C41H36F6/c1-23-33(26-15-11-17-29(19-26)41(45,46)47)36-32(35(24-12-8-9-13-24)37(23)39(5,6)7)21-27-20-30(38(2,3)4)22-31(34(27)36)25-14-10-16-28(18-25)40(42,43)44/h8-12,14-22H,1,13H2,2-7H3. The maximum atomic E-state index is 14.1. The van der Waals surface area contributed by atoms with Gasteiger partial charge in [-0.2, -0.15) is 26.3 Å². The SMILES string of the molecule is C=c1c(-c2cccc(C(F)(F)F)c2)c2c(c(C3=CC=CC3)c1C(C)(C)C)=Cc1cc(C(C)(C)C)cc(-c3cccc(C(F)(F)F)c3)c1-2. The lowest BCUT2D eigenvalue weighted by atomic mass is 9.75. The Hall–Kier alpha value is -4.32. The first-order valence-corrected chi connectivity index (χ1v) is 15.6. The molecule has 0 aliphatic heterocycles. The van der Waals surface area contributed by atoms with E-state index >= 15 is 0 Å². The van der Waals surface area contributed by atoms with Crippen molar-refractivity contribution in [1.29, 1.82) is 0 Å². The maximum absolute atomic E-state index is 14.1. The molecule has 47 heavy (non-hydrogen) atoms. The van der Waals surface area contributed by atoms with Gasteiger partial charge in [0, 0.05) is 0 Å². The second kappa shape index (κ2) is 10.9. The van der Waals surface area contributed by atoms with Crippen LogP contribution in [0.2, 0.25) is 0 Å². The fourth-order valence-corrected chi connectivity index (χ4v) is 6.93. The van der Waals surface area contributed by atoms with Gasteiger partial charge < -0.3 is 0 Å². The lowest BCUT2D eigenvalue weighted by molar-refractivity contribution is -0.138. The molecule has 0 N–H and O–H groups in total. The van der Waals surface area contributed by atoms with E-state index in [2.05, 4.69) is 51.6 Å². The van der Waals surface area contributed by atoms with Crippen molar-refractivity contribution in [3.05, 3.63) is 123 Å². The normalized spacial score (nSPS) is 14.6. The molecule has 0 fully saturated rings. The van der Waals surface area contributed by atoms with Crippen LogP contribution in [0.5, 0.6) is 0 Å². The van der Waals surface area contributed by atoms with Crippen molar-refractivity contribution in [2.45, 2.75) is 71.1 Å². The molecule has 2 aliphatic carbocycles. The highest BCUT2D eigenvalue weighted by Crippen LogP contribution is 2.46. The predicted molar refractivity (Wildman–Crippen MR) is 180 cm³/mol. The first-order chi connectivity index (χ1) is 21.8. The largest absolute Gasteiger partial charge is 0.416 e. The number of allylic oxidation sites excluding steroid dienone is 4. The predicted octanol–water partition coefficient (Wildman–Crippen LogP) is 11.2. The van der Waals surface area contributed by atoms with Crippen LogP contribution >= 0.6 is 0 Å². The summed E-state index contributed by atoms with van der Waals surface area (Å²) in [6.45, 7) is 16.9. The summed E-state index contributed by atoms with van der Waals surface area (Å²) in [6.07, 6.45) is -0.267. The Balaban J connectivity index is 1.83. The van der Waals surface area contributed by atoms with Crippen LogP contribution < -0.4 is 10.4 Å². The van der Waals surface area contributed by atoms with Gasteiger partial charge in [0.05, 0.1) is 11.1 Å². The fraction of sp³-hybridized carbons (Fsp3) is 0.268. The average Bonchev–Trinajstić information content (AvgIpc) is 3.63. The summed E-state index contributed by atoms with van der Waals surface area (Å²) in [6, 6.07) is 14.5. The summed E-state index contributed by atoms with van der Waals surface area (Å²) in [5.41, 5.74) is 5.64. The molecule has 0 aromatic heterocycles. The van der Waals surface area contributed by atoms with Crippen LogP contribution in [0, 0.1) is 0 Å². The third kappa shape index (κ3) is 5.77. The molecule has 0 amide bonds. The van der Waals surface area contributed by atoms with Crippen LogP contribution in [0.1, 0.15) is 81.3 Å². The third-order valence-electron chi connectivity index (χ3n) is 9.05. The second-order valence-corrected chi connectivity index (χ2v) is 14.5. The van der Waals surface area contributed by atoms with Crippen LogP contribution in [0.25, 0.3) is 51.6 Å². The molecule has 0 unspecified atom stereocenters. The molecule has 4 aromatic rings. The summed E-state index contributed by atoms with van der Waals surface area (Å²) in [4.78, 5) is 0. The van der Waals surface area contributed by atoms with Crippen molar-refractivity contribution < 1.29 is 26.3 Å². The molecule has 6 heteroatoms. The average molecular weight is 643 g/mol. The van der Waals surface area contributed by atoms with Gasteiger partial charge in [-0.05, 0) is 125 Å². The van der Waals surface area contributed by atoms with Crippen molar-refractivity contribution in [2.24, 2.45) is 0 Å². The van der Waals surface area contributed by atoms with E-state index in [9.17, 15) is 26.3 Å². The molecular formula is C41H36F6. The Morgan fingerprint density at radius 3 is 1.74 bits per heavy atom. The molecule has 0 saturated carbocycles. The van der Waals surface area contributed by atoms with Gasteiger partial charge >= 0.3 is 12.4 Å². The number of halogens is 6. The van der Waals surface area contributed by atoms with Crippen LogP contribution in [-0.2, 0) is 23.2 Å². The minimum absolute atomic E-state index is 0.341. The zero-order valence-electron chi connectivity index (χ0n) is 27.3. The number of hydrogen-bond donors (Lipinski definition) is 0. The molecule has 0 heterocycles. The van der Waals surface area contributed by atoms with Crippen molar-refractivity contribution in [2.75, 3.05) is 0 Å². The van der Waals surface area contributed by atoms with Gasteiger partial charge in [0.15, 0.2) is 0 Å². The van der Waals surface area contributed by atoms with Crippen molar-refractivity contribution >= 4 is 18.2 Å². The first-order valence-electron chi connectivity index (χ1n) is 15.6. The van der Waals surface area contributed by atoms with Gasteiger partial charge in [0.1, 0.15) is 0 Å². The van der Waals surface area contributed by atoms with Gasteiger partial charge in [0.25, 0.3) is 0 Å². The van der Waals surface area contributed by atoms with E-state index in [1.165, 1.54) is 12.1 Å². The minimum Gasteiger partial charge on any atom is -0.166 e. The second-order valence-electron chi connectivity index (χ2n) is 14.5. The minimum atomic E-state index is -4.57. The van der Waals surface area contributed by atoms with Gasteiger partial charge in [-0.25, -0.2) is 0 Å². The molecule has 0 bridgehead atoms. The van der Waals surface area contributed by atoms with E-state index in [0.29, 0.717) is 45.0 Å². The molecule has 6 rings (SSSR count). The van der Waals surface area contributed by atoms with Crippen LogP contribution in [0.15, 0.2) is 78.9 Å². The van der Waals surface area contributed by atoms with Gasteiger partial charge in [0.2, 0.25) is 0 Å². The molecule has 242 valence electrons. The van der Waals surface area contributed by atoms with E-state index in [4.69, 9.17) is 0 Å². The van der Waals surface area contributed by atoms with Gasteiger partial charge in [-0.3, -0.25) is 0 Å². The molecule has 0 atom stereocenters. The summed E-state index contributed by atoms with van der Waals surface area (Å²) in [7, 11) is 0. The lowest BCUT2D eigenvalue weighted by Crippen LogP contribution is -2.32. The quantitative estimate of drug-likeness (QED) is 0.172. The topological polar surface area (TPSA) is 0 Å². The lowest BCUT2D eigenvalue weighted by Gasteiger charge is -2.29. The number of hydrogen-bond acceptors (Lipinski definition) is 0. The van der Waals surface area contributed by atoms with E-state index in [1.807, 2.05) is 32.9 Å². The Kier molecular flexibility index (Phi) is 7.54. The van der Waals surface area contributed by atoms with Gasteiger partial charge in [-0.1, -0.05) is 96.7 Å². The zero-order valence-corrected chi connectivity index (χ0v) is 27.3. The van der Waals surface area contributed by atoms with E-state index < -0.39 is 28.9 Å². The molecule has 0 spiro atoms. The summed E-state index contributed by atoms with van der Waals surface area (Å²) >= 11 is 0. The Morgan fingerprint density at radius 1 is 0.617 bits per heavy atom. The van der Waals surface area contributed by atoms with Crippen LogP contribution in [0.3, 0.4) is 0 Å². The van der Waals surface area contributed by atoms with Crippen LogP contribution in [-0.4, -0.2) is 0 Å². The summed E-state index contributed by atoms with van der Waals surface area (Å²) in [5.74, 6) is 0. The Bertz CT molecular complexity index is 2110. The maximum Gasteiger partial charge on any atom is 0.416 e. The van der Waals surface area contributed by atoms with E-state index in [1.54, 1.807) is 12.1 Å². The highest BCUT2D eigenvalue weighted by molar-refractivity contribution is 6.03. The number of benzene rings is 4. The molecule has 0 radical (unpaired) electrons. The fourth-order valence-electron chi connectivity index (χ4n) is 6.93. The van der Waals surface area contributed by atoms with Crippen molar-refractivity contribution in [3.63, 3.8) is 0 Å². The van der Waals surface area contributed by atoms with Crippen molar-refractivity contribution in [1.82, 2.24) is 0 Å². The van der Waals surface area contributed by atoms with Crippen molar-refractivity contribution in [3.8, 4) is 33.4 Å². The molecule has 2 aliphatic rings. The number of fused-ring (bicyclic) bond motifs is 3. The molecule has 0 nitrogen and oxygen atoms in total. The number of alkyl halides is 6. The summed E-state index contributed by atoms with van der Waals surface area (Å²) < 4.78 is 84.2. The molecule has 0 saturated heterocycles. The van der Waals surface area contributed by atoms with Crippen LogP contribution in [0.4, 0.5) is 26.3 Å². The summed E-state index contributed by atoms with van der Waals surface area (Å²) in [5, 5.41) is 1.45. The highest BCUT2D eigenvalue weighted by atomic mass is 19.4. The highest BCUT2D eigenvalue weighted by Gasteiger charge is 2.35. The smallest absolute Gasteiger partial charge is 0.166 e. The third-order valence-corrected chi connectivity index (χ3v) is 9.05. The Labute approximate surface area is 271 Å². The monoisotopic (exact) mass is 642 g/mol. The number of rotatable bonds is 3. The van der Waals surface area contributed by atoms with E-state index in [0.717, 1.165) is 57.3 Å².